The normalized spacial score (nSPS) is 55.3. The first kappa shape index (κ1) is 11.6. The summed E-state index contributed by atoms with van der Waals surface area (Å²) >= 11 is 0. The van der Waals surface area contributed by atoms with Gasteiger partial charge in [0.05, 0.1) is 12.1 Å². The predicted molar refractivity (Wildman–Crippen MR) is 52.4 cm³/mol. The lowest BCUT2D eigenvalue weighted by atomic mass is 9.80. The molecule has 1 unspecified atom stereocenters. The molecule has 5 atom stereocenters. The van der Waals surface area contributed by atoms with Crippen molar-refractivity contribution in [3.05, 3.63) is 0 Å². The fourth-order valence-electron chi connectivity index (χ4n) is 1.71. The van der Waals surface area contributed by atoms with Crippen molar-refractivity contribution in [1.82, 2.24) is 0 Å². The topological polar surface area (TPSA) is 80.0 Å². The van der Waals surface area contributed by atoms with Crippen LogP contribution in [-0.4, -0.2) is 45.3 Å². The molecule has 15 heavy (non-hydrogen) atoms. The van der Waals surface area contributed by atoms with Crippen LogP contribution in [0.25, 0.3) is 0 Å². The maximum atomic E-state index is 11.7. The SMILES string of the molecule is [B][C@@H]1O[C@@H]2COP(=O)(OC)O[C@H]2[C@@]1(C)N. The molecule has 2 fully saturated rings. The molecule has 2 heterocycles. The Labute approximate surface area is 89.4 Å². The number of fused-ring (bicyclic) bond motifs is 1. The Bertz CT molecular complexity index is 312. The van der Waals surface area contributed by atoms with Crippen molar-refractivity contribution >= 4 is 15.7 Å². The Morgan fingerprint density at radius 1 is 1.67 bits per heavy atom. The standard InChI is InChI=1S/C7H13BNO5P/c1-7(9)5-4(13-6(7)8)3-12-15(10,11-2)14-5/h4-6H,3,9H2,1-2H3/t4-,5-,6-,7-,15?/m1/s1. The summed E-state index contributed by atoms with van der Waals surface area (Å²) in [6.45, 7) is 1.80. The van der Waals surface area contributed by atoms with Crippen molar-refractivity contribution in [1.29, 1.82) is 0 Å². The highest BCUT2D eigenvalue weighted by atomic mass is 31.2. The zero-order valence-electron chi connectivity index (χ0n) is 8.58. The van der Waals surface area contributed by atoms with Crippen LogP contribution < -0.4 is 5.73 Å². The van der Waals surface area contributed by atoms with Gasteiger partial charge in [0.15, 0.2) is 0 Å². The molecule has 2 N–H and O–H groups in total. The van der Waals surface area contributed by atoms with E-state index in [-0.39, 0.29) is 6.61 Å². The van der Waals surface area contributed by atoms with E-state index in [1.54, 1.807) is 6.92 Å². The van der Waals surface area contributed by atoms with E-state index in [1.807, 2.05) is 0 Å². The Morgan fingerprint density at radius 3 is 2.93 bits per heavy atom. The average Bonchev–Trinajstić information content (AvgIpc) is 2.40. The lowest BCUT2D eigenvalue weighted by Gasteiger charge is -2.35. The number of nitrogens with two attached hydrogens (primary N) is 1. The van der Waals surface area contributed by atoms with Gasteiger partial charge in [-0.2, -0.15) is 0 Å². The van der Waals surface area contributed by atoms with Crippen LogP contribution in [0.4, 0.5) is 0 Å². The van der Waals surface area contributed by atoms with Crippen molar-refractivity contribution in [2.24, 2.45) is 5.73 Å². The molecule has 84 valence electrons. The minimum absolute atomic E-state index is 0.107. The first-order valence-electron chi connectivity index (χ1n) is 4.58. The molecular weight excluding hydrogens is 220 g/mol. The van der Waals surface area contributed by atoms with Gasteiger partial charge >= 0.3 is 7.82 Å². The maximum Gasteiger partial charge on any atom is 0.475 e. The van der Waals surface area contributed by atoms with Gasteiger partial charge in [0.25, 0.3) is 0 Å². The molecule has 0 bridgehead atoms. The van der Waals surface area contributed by atoms with Gasteiger partial charge in [-0.15, -0.1) is 0 Å². The van der Waals surface area contributed by atoms with Gasteiger partial charge in [0, 0.05) is 13.1 Å². The molecule has 0 spiro atoms. The summed E-state index contributed by atoms with van der Waals surface area (Å²) in [7, 11) is 3.46. The third-order valence-corrected chi connectivity index (χ3v) is 4.15. The zero-order valence-corrected chi connectivity index (χ0v) is 9.48. The quantitative estimate of drug-likeness (QED) is 0.497. The summed E-state index contributed by atoms with van der Waals surface area (Å²) in [6, 6.07) is -0.667. The Balaban J connectivity index is 2.21. The van der Waals surface area contributed by atoms with Gasteiger partial charge in [0.1, 0.15) is 20.1 Å². The van der Waals surface area contributed by atoms with Crippen LogP contribution in [0.15, 0.2) is 0 Å². The van der Waals surface area contributed by atoms with Gasteiger partial charge in [-0.3, -0.25) is 13.6 Å². The fraction of sp³-hybridized carbons (Fsp3) is 1.00. The Kier molecular flexibility index (Phi) is 2.74. The molecule has 0 aromatic carbocycles. The summed E-state index contributed by atoms with van der Waals surface area (Å²) in [5.41, 5.74) is 5.04. The number of phosphoric acid groups is 1. The van der Waals surface area contributed by atoms with Crippen LogP contribution >= 0.6 is 7.82 Å². The first-order chi connectivity index (χ1) is 6.89. The highest BCUT2D eigenvalue weighted by Crippen LogP contribution is 2.56. The molecular formula is C7H13BNO5P. The number of ether oxygens (including phenoxy) is 1. The van der Waals surface area contributed by atoms with Crippen molar-refractivity contribution in [3.63, 3.8) is 0 Å². The van der Waals surface area contributed by atoms with Gasteiger partial charge in [0.2, 0.25) is 0 Å². The molecule has 0 aliphatic carbocycles. The van der Waals surface area contributed by atoms with E-state index in [1.165, 1.54) is 7.11 Å². The molecule has 2 radical (unpaired) electrons. The summed E-state index contributed by atoms with van der Waals surface area (Å²) < 4.78 is 31.9. The van der Waals surface area contributed by atoms with Crippen LogP contribution in [0.3, 0.4) is 0 Å². The van der Waals surface area contributed by atoms with Crippen molar-refractivity contribution in [2.75, 3.05) is 13.7 Å². The Hall–Kier alpha value is 0.0949. The second-order valence-electron chi connectivity index (χ2n) is 3.91. The Morgan fingerprint density at radius 2 is 2.33 bits per heavy atom. The lowest BCUT2D eigenvalue weighted by molar-refractivity contribution is -0.0481. The molecule has 0 aromatic heterocycles. The van der Waals surface area contributed by atoms with Gasteiger partial charge in [-0.25, -0.2) is 4.57 Å². The van der Waals surface area contributed by atoms with Crippen molar-refractivity contribution < 1.29 is 22.9 Å². The van der Waals surface area contributed by atoms with E-state index in [2.05, 4.69) is 4.52 Å². The first-order valence-corrected chi connectivity index (χ1v) is 6.04. The minimum Gasteiger partial charge on any atom is -0.378 e. The van der Waals surface area contributed by atoms with E-state index in [0.717, 1.165) is 0 Å². The molecule has 6 nitrogen and oxygen atoms in total. The van der Waals surface area contributed by atoms with Gasteiger partial charge in [-0.05, 0) is 6.92 Å². The number of rotatable bonds is 1. The molecule has 0 aromatic rings. The van der Waals surface area contributed by atoms with Crippen LogP contribution in [-0.2, 0) is 22.9 Å². The monoisotopic (exact) mass is 233 g/mol. The van der Waals surface area contributed by atoms with Crippen molar-refractivity contribution in [3.8, 4) is 0 Å². The maximum absolute atomic E-state index is 11.7. The highest BCUT2D eigenvalue weighted by molar-refractivity contribution is 7.48. The molecule has 2 aliphatic heterocycles. The third kappa shape index (κ3) is 1.77. The largest absolute Gasteiger partial charge is 0.475 e. The average molecular weight is 233 g/mol. The van der Waals surface area contributed by atoms with Crippen LogP contribution in [0.2, 0.25) is 0 Å². The van der Waals surface area contributed by atoms with E-state index in [9.17, 15) is 4.57 Å². The van der Waals surface area contributed by atoms with Crippen molar-refractivity contribution in [2.45, 2.75) is 30.7 Å². The highest BCUT2D eigenvalue weighted by Gasteiger charge is 2.55. The van der Waals surface area contributed by atoms with Crippen LogP contribution in [0.1, 0.15) is 6.92 Å². The van der Waals surface area contributed by atoms with E-state index < -0.39 is 31.6 Å². The molecule has 0 amide bonds. The summed E-state index contributed by atoms with van der Waals surface area (Å²) in [6.07, 6.45) is -0.973. The minimum atomic E-state index is -3.49. The van der Waals surface area contributed by atoms with Gasteiger partial charge < -0.3 is 10.5 Å². The zero-order chi connectivity index (χ0) is 11.3. The summed E-state index contributed by atoms with van der Waals surface area (Å²) in [4.78, 5) is 0. The predicted octanol–water partition coefficient (Wildman–Crippen LogP) is -0.233. The molecule has 0 saturated carbocycles. The summed E-state index contributed by atoms with van der Waals surface area (Å²) in [5.74, 6) is 0. The third-order valence-electron chi connectivity index (χ3n) is 2.75. The second kappa shape index (κ2) is 3.55. The lowest BCUT2D eigenvalue weighted by Crippen LogP contribution is -2.55. The summed E-state index contributed by atoms with van der Waals surface area (Å²) in [5, 5.41) is 0. The number of hydrogen-bond donors (Lipinski definition) is 1. The van der Waals surface area contributed by atoms with E-state index in [0.29, 0.717) is 0 Å². The number of hydrogen-bond acceptors (Lipinski definition) is 6. The number of phosphoric ester groups is 1. The smallest absolute Gasteiger partial charge is 0.378 e. The second-order valence-corrected chi connectivity index (χ2v) is 5.64. The van der Waals surface area contributed by atoms with E-state index in [4.69, 9.17) is 27.4 Å². The molecule has 8 heteroatoms. The molecule has 2 saturated heterocycles. The molecule has 2 aliphatic rings. The van der Waals surface area contributed by atoms with Gasteiger partial charge in [-0.1, -0.05) is 0 Å². The fourth-order valence-corrected chi connectivity index (χ4v) is 2.93. The van der Waals surface area contributed by atoms with Crippen LogP contribution in [0, 0.1) is 0 Å². The van der Waals surface area contributed by atoms with Crippen LogP contribution in [0.5, 0.6) is 0 Å². The molecule has 2 rings (SSSR count). The van der Waals surface area contributed by atoms with E-state index >= 15 is 0 Å².